The van der Waals surface area contributed by atoms with Crippen molar-refractivity contribution in [2.75, 3.05) is 13.2 Å². The summed E-state index contributed by atoms with van der Waals surface area (Å²) < 4.78 is 15.0. The van der Waals surface area contributed by atoms with E-state index >= 15 is 0 Å². The molecule has 4 rings (SSSR count). The summed E-state index contributed by atoms with van der Waals surface area (Å²) in [4.78, 5) is 27.4. The Hall–Kier alpha value is -2.40. The van der Waals surface area contributed by atoms with Crippen molar-refractivity contribution in [3.63, 3.8) is 0 Å². The summed E-state index contributed by atoms with van der Waals surface area (Å²) in [6.07, 6.45) is 15.3. The van der Waals surface area contributed by atoms with Gasteiger partial charge in [0.05, 0.1) is 23.0 Å². The zero-order valence-electron chi connectivity index (χ0n) is 29.8. The first kappa shape index (κ1) is 43.8. The molecule has 2 heterocycles. The minimum absolute atomic E-state index is 0. The highest BCUT2D eigenvalue weighted by atomic mass is 79.9. The van der Waals surface area contributed by atoms with Crippen LogP contribution in [0.3, 0.4) is 0 Å². The zero-order chi connectivity index (χ0) is 33.8. The molecule has 2 aromatic carbocycles. The van der Waals surface area contributed by atoms with E-state index in [4.69, 9.17) is 9.47 Å². The Morgan fingerprint density at radius 2 is 0.880 bits per heavy atom. The standard InChI is InChI=1S/C40H54N2O4S2.2BrH/c1-3-45-39(43)27-35-37(47-31-41(35)29-33-21-15-13-16-22-33)25-19-11-9-7-5-6-8-10-12-20-26-38-36(28-40(44)46-4-2)42(32-48-38)30-34-23-17-14-18-24-34;;/h13-18,21-24,31-32H,3-12,19-20,25-30H2,1-2H3;2*1H/q+2;;/p-2. The molecule has 0 radical (unpaired) electrons. The third kappa shape index (κ3) is 15.5. The Morgan fingerprint density at radius 3 is 1.22 bits per heavy atom. The molecule has 50 heavy (non-hydrogen) atoms. The second-order valence-corrected chi connectivity index (χ2v) is 14.3. The molecular formula is C40H54Br2N2O4S2. The molecule has 4 aromatic rings. The van der Waals surface area contributed by atoms with E-state index in [1.165, 1.54) is 72.2 Å². The van der Waals surface area contributed by atoms with E-state index < -0.39 is 0 Å². The molecule has 10 heteroatoms. The molecule has 0 unspecified atom stereocenters. The number of esters is 2. The van der Waals surface area contributed by atoms with E-state index in [0.29, 0.717) is 26.1 Å². The van der Waals surface area contributed by atoms with E-state index in [2.05, 4.69) is 68.7 Å². The van der Waals surface area contributed by atoms with Gasteiger partial charge < -0.3 is 43.4 Å². The van der Waals surface area contributed by atoms with E-state index in [1.54, 1.807) is 22.7 Å². The third-order valence-corrected chi connectivity index (χ3v) is 10.8. The second kappa shape index (κ2) is 25.5. The number of hydrogen-bond donors (Lipinski definition) is 0. The lowest BCUT2D eigenvalue weighted by molar-refractivity contribution is -0.690. The van der Waals surface area contributed by atoms with Crippen molar-refractivity contribution in [2.24, 2.45) is 0 Å². The number of nitrogens with zero attached hydrogens (tertiary/aromatic N) is 2. The lowest BCUT2D eigenvalue weighted by Crippen LogP contribution is -3.00. The summed E-state index contributed by atoms with van der Waals surface area (Å²) >= 11 is 3.55. The number of benzene rings is 2. The number of hydrogen-bond acceptors (Lipinski definition) is 6. The fourth-order valence-corrected chi connectivity index (χ4v) is 8.24. The molecule has 0 spiro atoms. The van der Waals surface area contributed by atoms with Crippen LogP contribution in [0.1, 0.15) is 110 Å². The minimum atomic E-state index is -0.142. The van der Waals surface area contributed by atoms with E-state index in [1.807, 2.05) is 26.0 Å². The Morgan fingerprint density at radius 1 is 0.540 bits per heavy atom. The van der Waals surface area contributed by atoms with Crippen LogP contribution in [0.4, 0.5) is 0 Å². The van der Waals surface area contributed by atoms with Crippen molar-refractivity contribution >= 4 is 34.6 Å². The normalized spacial score (nSPS) is 10.7. The number of unbranched alkanes of at least 4 members (excludes halogenated alkanes) is 9. The van der Waals surface area contributed by atoms with Crippen LogP contribution in [-0.4, -0.2) is 25.2 Å². The fourth-order valence-electron chi connectivity index (χ4n) is 6.15. The van der Waals surface area contributed by atoms with Crippen LogP contribution in [0.5, 0.6) is 0 Å². The van der Waals surface area contributed by atoms with Gasteiger partial charge in [0.25, 0.3) is 0 Å². The molecule has 0 amide bonds. The van der Waals surface area contributed by atoms with Gasteiger partial charge in [-0.3, -0.25) is 9.59 Å². The largest absolute Gasteiger partial charge is 1.00 e. The zero-order valence-corrected chi connectivity index (χ0v) is 34.6. The van der Waals surface area contributed by atoms with Crippen molar-refractivity contribution in [1.82, 2.24) is 0 Å². The van der Waals surface area contributed by atoms with Crippen molar-refractivity contribution in [2.45, 2.75) is 117 Å². The Bertz CT molecular complexity index is 1400. The van der Waals surface area contributed by atoms with Crippen LogP contribution in [0.25, 0.3) is 0 Å². The molecule has 0 aliphatic rings. The molecule has 274 valence electrons. The number of carbonyl (C=O) groups excluding carboxylic acids is 2. The summed E-state index contributed by atoms with van der Waals surface area (Å²) in [6, 6.07) is 20.9. The van der Waals surface area contributed by atoms with Crippen molar-refractivity contribution < 1.29 is 62.2 Å². The molecule has 0 aliphatic heterocycles. The van der Waals surface area contributed by atoms with Crippen LogP contribution in [-0.2, 0) is 57.8 Å². The molecule has 0 saturated heterocycles. The first-order chi connectivity index (χ1) is 23.6. The maximum absolute atomic E-state index is 12.4. The van der Waals surface area contributed by atoms with Gasteiger partial charge in [-0.25, -0.2) is 0 Å². The van der Waals surface area contributed by atoms with Crippen molar-refractivity contribution in [1.29, 1.82) is 0 Å². The third-order valence-electron chi connectivity index (χ3n) is 8.66. The Kier molecular flexibility index (Phi) is 22.4. The van der Waals surface area contributed by atoms with Crippen molar-refractivity contribution in [3.8, 4) is 0 Å². The molecule has 0 fully saturated rings. The molecule has 0 bridgehead atoms. The number of aromatic nitrogens is 2. The molecule has 0 aliphatic carbocycles. The summed E-state index contributed by atoms with van der Waals surface area (Å²) in [6.45, 7) is 6.13. The SMILES string of the molecule is CCOC(=O)Cc1c(CCCCCCCCCCCCc2sc[n+](Cc3ccccc3)c2CC(=O)OCC)sc[n+]1Cc1ccccc1.[Br-].[Br-]. The van der Waals surface area contributed by atoms with Crippen LogP contribution in [0.15, 0.2) is 71.7 Å². The number of halogens is 2. The quantitative estimate of drug-likeness (QED) is 0.0655. The van der Waals surface area contributed by atoms with Gasteiger partial charge in [0.1, 0.15) is 12.8 Å². The predicted octanol–water partition coefficient (Wildman–Crippen LogP) is 2.39. The second-order valence-electron chi connectivity index (χ2n) is 12.4. The highest BCUT2D eigenvalue weighted by Crippen LogP contribution is 2.21. The maximum Gasteiger partial charge on any atom is 0.316 e. The van der Waals surface area contributed by atoms with Crippen molar-refractivity contribution in [3.05, 3.63) is 104 Å². The van der Waals surface area contributed by atoms with Gasteiger partial charge in [0.15, 0.2) is 13.1 Å². The van der Waals surface area contributed by atoms with Gasteiger partial charge in [0, 0.05) is 11.1 Å². The smallest absolute Gasteiger partial charge is 0.316 e. The Balaban J connectivity index is 0.00000433. The van der Waals surface area contributed by atoms with E-state index in [-0.39, 0.29) is 45.9 Å². The fraction of sp³-hybridized carbons (Fsp3) is 0.500. The summed E-state index contributed by atoms with van der Waals surface area (Å²) in [5.41, 5.74) is 9.05. The van der Waals surface area contributed by atoms with Crippen LogP contribution in [0.2, 0.25) is 0 Å². The van der Waals surface area contributed by atoms with Gasteiger partial charge in [-0.1, -0.05) is 135 Å². The summed E-state index contributed by atoms with van der Waals surface area (Å²) in [5, 5.41) is 0. The molecule has 6 nitrogen and oxygen atoms in total. The van der Waals surface area contributed by atoms with Crippen LogP contribution in [0, 0.1) is 0 Å². The Labute approximate surface area is 328 Å². The minimum Gasteiger partial charge on any atom is -1.00 e. The number of carbonyl (C=O) groups is 2. The predicted molar refractivity (Wildman–Crippen MR) is 194 cm³/mol. The molecule has 0 saturated carbocycles. The first-order valence-electron chi connectivity index (χ1n) is 17.9. The lowest BCUT2D eigenvalue weighted by Gasteiger charge is -2.05. The average Bonchev–Trinajstić information content (AvgIpc) is 3.64. The van der Waals surface area contributed by atoms with Gasteiger partial charge >= 0.3 is 11.9 Å². The highest BCUT2D eigenvalue weighted by molar-refractivity contribution is 7.09. The topological polar surface area (TPSA) is 60.4 Å². The van der Waals surface area contributed by atoms with Gasteiger partial charge in [-0.05, 0) is 39.5 Å². The number of rotatable bonds is 23. The molecule has 0 N–H and O–H groups in total. The van der Waals surface area contributed by atoms with E-state index in [0.717, 1.165) is 50.2 Å². The number of ether oxygens (including phenoxy) is 2. The van der Waals surface area contributed by atoms with Gasteiger partial charge in [-0.15, -0.1) is 0 Å². The lowest BCUT2D eigenvalue weighted by atomic mass is 10.0. The maximum atomic E-state index is 12.4. The van der Waals surface area contributed by atoms with Crippen LogP contribution < -0.4 is 43.1 Å². The molecule has 2 aromatic heterocycles. The monoisotopic (exact) mass is 848 g/mol. The number of aryl methyl sites for hydroxylation is 2. The van der Waals surface area contributed by atoms with E-state index in [9.17, 15) is 9.59 Å². The number of thiazole rings is 2. The highest BCUT2D eigenvalue weighted by Gasteiger charge is 2.24. The van der Waals surface area contributed by atoms with Crippen LogP contribution >= 0.6 is 22.7 Å². The molecule has 0 atom stereocenters. The summed E-state index contributed by atoms with van der Waals surface area (Å²) in [7, 11) is 0. The average molecular weight is 851 g/mol. The first-order valence-corrected chi connectivity index (χ1v) is 19.7. The summed E-state index contributed by atoms with van der Waals surface area (Å²) in [5.74, 6) is -0.285. The molecular weight excluding hydrogens is 796 g/mol. The van der Waals surface area contributed by atoms with Gasteiger partial charge in [-0.2, -0.15) is 9.13 Å². The van der Waals surface area contributed by atoms with Gasteiger partial charge in [0.2, 0.25) is 22.4 Å².